The molecule has 0 radical (unpaired) electrons. The van der Waals surface area contributed by atoms with Gasteiger partial charge in [0.2, 0.25) is 0 Å². The van der Waals surface area contributed by atoms with Gasteiger partial charge in [-0.05, 0) is 47.5 Å². The van der Waals surface area contributed by atoms with Crippen molar-refractivity contribution in [1.29, 1.82) is 0 Å². The minimum absolute atomic E-state index is 0.0835. The van der Waals surface area contributed by atoms with Gasteiger partial charge in [0.1, 0.15) is 0 Å². The number of fused-ring (bicyclic) bond motifs is 1. The number of hydrogen-bond donors (Lipinski definition) is 1. The Hall–Kier alpha value is -3.41. The molecule has 4 aromatic rings. The van der Waals surface area contributed by atoms with Crippen LogP contribution in [0.5, 0.6) is 0 Å². The SMILES string of the molecule is O=C(NCc1cccc(N2CCN(Cc3ccc(Cl)cc3)CC2)c1)c1ccnc2ccccc12. The highest BCUT2D eigenvalue weighted by molar-refractivity contribution is 6.30. The summed E-state index contributed by atoms with van der Waals surface area (Å²) in [5, 5.41) is 4.72. The number of nitrogens with zero attached hydrogens (tertiary/aromatic N) is 3. The minimum atomic E-state index is -0.0835. The van der Waals surface area contributed by atoms with Gasteiger partial charge in [-0.3, -0.25) is 14.7 Å². The zero-order valence-electron chi connectivity index (χ0n) is 19.0. The second-order valence-corrected chi connectivity index (χ2v) is 9.05. The van der Waals surface area contributed by atoms with Crippen LogP contribution in [0.4, 0.5) is 5.69 Å². The molecule has 1 saturated heterocycles. The first kappa shape index (κ1) is 22.4. The summed E-state index contributed by atoms with van der Waals surface area (Å²) in [6.07, 6.45) is 1.68. The summed E-state index contributed by atoms with van der Waals surface area (Å²) < 4.78 is 0. The molecule has 0 unspecified atom stereocenters. The molecular weight excluding hydrogens is 444 g/mol. The van der Waals surface area contributed by atoms with E-state index in [1.54, 1.807) is 12.3 Å². The Balaban J connectivity index is 1.18. The molecule has 1 N–H and O–H groups in total. The van der Waals surface area contributed by atoms with Crippen LogP contribution in [0.1, 0.15) is 21.5 Å². The smallest absolute Gasteiger partial charge is 0.252 e. The first-order chi connectivity index (χ1) is 16.7. The Morgan fingerprint density at radius 2 is 1.68 bits per heavy atom. The van der Waals surface area contributed by atoms with Crippen molar-refractivity contribution >= 4 is 34.1 Å². The van der Waals surface area contributed by atoms with Gasteiger partial charge in [-0.2, -0.15) is 0 Å². The van der Waals surface area contributed by atoms with Gasteiger partial charge < -0.3 is 10.2 Å². The van der Waals surface area contributed by atoms with Gasteiger partial charge in [0, 0.05) is 61.6 Å². The summed E-state index contributed by atoms with van der Waals surface area (Å²) in [6, 6.07) is 26.1. The van der Waals surface area contributed by atoms with Gasteiger partial charge in [0.15, 0.2) is 0 Å². The quantitative estimate of drug-likeness (QED) is 0.424. The predicted molar refractivity (Wildman–Crippen MR) is 138 cm³/mol. The highest BCUT2D eigenvalue weighted by Crippen LogP contribution is 2.20. The second kappa shape index (κ2) is 10.2. The summed E-state index contributed by atoms with van der Waals surface area (Å²) in [5.74, 6) is -0.0835. The number of para-hydroxylation sites is 1. The van der Waals surface area contributed by atoms with Gasteiger partial charge in [0.25, 0.3) is 5.91 Å². The highest BCUT2D eigenvalue weighted by Gasteiger charge is 2.18. The average Bonchev–Trinajstić information content (AvgIpc) is 2.89. The second-order valence-electron chi connectivity index (χ2n) is 8.62. The van der Waals surface area contributed by atoms with Crippen LogP contribution in [0.3, 0.4) is 0 Å². The van der Waals surface area contributed by atoms with Crippen molar-refractivity contribution < 1.29 is 4.79 Å². The summed E-state index contributed by atoms with van der Waals surface area (Å²) >= 11 is 6.00. The van der Waals surface area contributed by atoms with Crippen molar-refractivity contribution in [3.8, 4) is 0 Å². The number of benzene rings is 3. The summed E-state index contributed by atoms with van der Waals surface area (Å²) in [7, 11) is 0. The predicted octanol–water partition coefficient (Wildman–Crippen LogP) is 5.14. The standard InChI is InChI=1S/C28H27ClN4O/c29-23-10-8-21(9-11-23)20-32-14-16-33(17-15-32)24-5-3-4-22(18-24)19-31-28(34)26-12-13-30-27-7-2-1-6-25(26)27/h1-13,18H,14-17,19-20H2,(H,31,34). The molecule has 0 aliphatic carbocycles. The lowest BCUT2D eigenvalue weighted by molar-refractivity contribution is 0.0952. The van der Waals surface area contributed by atoms with Gasteiger partial charge in [-0.25, -0.2) is 0 Å². The topological polar surface area (TPSA) is 48.5 Å². The minimum Gasteiger partial charge on any atom is -0.369 e. The molecule has 1 fully saturated rings. The Morgan fingerprint density at radius 1 is 0.882 bits per heavy atom. The molecule has 0 bridgehead atoms. The molecule has 1 aliphatic rings. The van der Waals surface area contributed by atoms with Gasteiger partial charge in [-0.1, -0.05) is 54.1 Å². The van der Waals surface area contributed by atoms with E-state index in [9.17, 15) is 4.79 Å². The first-order valence-corrected chi connectivity index (χ1v) is 12.0. The lowest BCUT2D eigenvalue weighted by Crippen LogP contribution is -2.46. The summed E-state index contributed by atoms with van der Waals surface area (Å²) in [5.41, 5.74) is 5.06. The number of piperazine rings is 1. The molecule has 1 amide bonds. The fourth-order valence-electron chi connectivity index (χ4n) is 4.45. The fraction of sp³-hybridized carbons (Fsp3) is 0.214. The Labute approximate surface area is 205 Å². The number of amides is 1. The number of rotatable bonds is 6. The van der Waals surface area contributed by atoms with E-state index >= 15 is 0 Å². The number of aromatic nitrogens is 1. The number of nitrogens with one attached hydrogen (secondary N) is 1. The van der Waals surface area contributed by atoms with Crippen LogP contribution in [0.25, 0.3) is 10.9 Å². The maximum Gasteiger partial charge on any atom is 0.252 e. The van der Waals surface area contributed by atoms with Gasteiger partial charge >= 0.3 is 0 Å². The molecule has 1 aliphatic heterocycles. The average molecular weight is 471 g/mol. The molecule has 1 aromatic heterocycles. The molecule has 2 heterocycles. The lowest BCUT2D eigenvalue weighted by Gasteiger charge is -2.36. The van der Waals surface area contributed by atoms with E-state index in [2.05, 4.69) is 56.5 Å². The van der Waals surface area contributed by atoms with Crippen molar-refractivity contribution in [2.24, 2.45) is 0 Å². The monoisotopic (exact) mass is 470 g/mol. The van der Waals surface area contributed by atoms with E-state index in [1.807, 2.05) is 36.4 Å². The largest absolute Gasteiger partial charge is 0.369 e. The molecule has 0 saturated carbocycles. The number of hydrogen-bond acceptors (Lipinski definition) is 4. The van der Waals surface area contributed by atoms with E-state index in [1.165, 1.54) is 11.3 Å². The van der Waals surface area contributed by atoms with Crippen LogP contribution >= 0.6 is 11.6 Å². The summed E-state index contributed by atoms with van der Waals surface area (Å²) in [4.78, 5) is 22.1. The molecule has 5 rings (SSSR count). The van der Waals surface area contributed by atoms with E-state index in [0.29, 0.717) is 12.1 Å². The fourth-order valence-corrected chi connectivity index (χ4v) is 4.57. The number of anilines is 1. The number of pyridine rings is 1. The van der Waals surface area contributed by atoms with Gasteiger partial charge in [0.05, 0.1) is 11.1 Å². The Morgan fingerprint density at radius 3 is 2.50 bits per heavy atom. The third-order valence-electron chi connectivity index (χ3n) is 6.31. The van der Waals surface area contributed by atoms with Crippen molar-refractivity contribution in [1.82, 2.24) is 15.2 Å². The molecule has 34 heavy (non-hydrogen) atoms. The molecule has 0 spiro atoms. The number of carbonyl (C=O) groups excluding carboxylic acids is 1. The van der Waals surface area contributed by atoms with E-state index < -0.39 is 0 Å². The lowest BCUT2D eigenvalue weighted by atomic mass is 10.1. The van der Waals surface area contributed by atoms with Crippen molar-refractivity contribution in [2.45, 2.75) is 13.1 Å². The number of halogens is 1. The third-order valence-corrected chi connectivity index (χ3v) is 6.57. The maximum absolute atomic E-state index is 12.9. The van der Waals surface area contributed by atoms with Crippen LogP contribution in [0.2, 0.25) is 5.02 Å². The third kappa shape index (κ3) is 5.22. The Kier molecular flexibility index (Phi) is 6.74. The van der Waals surface area contributed by atoms with E-state index in [4.69, 9.17) is 11.6 Å². The molecule has 0 atom stereocenters. The van der Waals surface area contributed by atoms with Crippen molar-refractivity contribution in [3.05, 3.63) is 107 Å². The van der Waals surface area contributed by atoms with E-state index in [0.717, 1.165) is 54.2 Å². The van der Waals surface area contributed by atoms with Crippen molar-refractivity contribution in [3.63, 3.8) is 0 Å². The van der Waals surface area contributed by atoms with Crippen LogP contribution in [0, 0.1) is 0 Å². The zero-order chi connectivity index (χ0) is 23.3. The zero-order valence-corrected chi connectivity index (χ0v) is 19.7. The normalized spacial score (nSPS) is 14.3. The molecular formula is C28H27ClN4O. The number of carbonyl (C=O) groups is 1. The molecule has 6 heteroatoms. The van der Waals surface area contributed by atoms with E-state index in [-0.39, 0.29) is 5.91 Å². The highest BCUT2D eigenvalue weighted by atomic mass is 35.5. The Bertz CT molecular complexity index is 1280. The maximum atomic E-state index is 12.9. The van der Waals surface area contributed by atoms with Crippen molar-refractivity contribution in [2.75, 3.05) is 31.1 Å². The molecule has 172 valence electrons. The van der Waals surface area contributed by atoms with Crippen LogP contribution in [0.15, 0.2) is 85.1 Å². The molecule has 5 nitrogen and oxygen atoms in total. The first-order valence-electron chi connectivity index (χ1n) is 11.6. The van der Waals surface area contributed by atoms with Crippen LogP contribution in [-0.4, -0.2) is 42.0 Å². The van der Waals surface area contributed by atoms with Crippen LogP contribution in [-0.2, 0) is 13.1 Å². The van der Waals surface area contributed by atoms with Gasteiger partial charge in [-0.15, -0.1) is 0 Å². The molecule has 3 aromatic carbocycles. The van der Waals surface area contributed by atoms with Crippen LogP contribution < -0.4 is 10.2 Å². The summed E-state index contributed by atoms with van der Waals surface area (Å²) in [6.45, 7) is 5.41.